The van der Waals surface area contributed by atoms with Gasteiger partial charge in [0.2, 0.25) is 5.91 Å². The first-order valence-electron chi connectivity index (χ1n) is 9.30. The largest absolute Gasteiger partial charge is 0.493 e. The molecule has 3 rings (SSSR count). The number of benzene rings is 2. The topological polar surface area (TPSA) is 47.6 Å². The van der Waals surface area contributed by atoms with Crippen LogP contribution in [-0.2, 0) is 4.79 Å². The molecular formula is C22H26ClNO3. The highest BCUT2D eigenvalue weighted by atomic mass is 35.5. The first-order valence-corrected chi connectivity index (χ1v) is 9.68. The lowest BCUT2D eigenvalue weighted by Gasteiger charge is -2.18. The summed E-state index contributed by atoms with van der Waals surface area (Å²) >= 11 is 6.26. The molecule has 3 atom stereocenters. The zero-order chi connectivity index (χ0) is 19.6. The smallest absolute Gasteiger partial charge is 0.224 e. The predicted molar refractivity (Wildman–Crippen MR) is 108 cm³/mol. The highest BCUT2D eigenvalue weighted by molar-refractivity contribution is 6.31. The highest BCUT2D eigenvalue weighted by Gasteiger charge is 2.45. The van der Waals surface area contributed by atoms with E-state index >= 15 is 0 Å². The van der Waals surface area contributed by atoms with Crippen LogP contribution in [0.1, 0.15) is 50.3 Å². The van der Waals surface area contributed by atoms with E-state index < -0.39 is 0 Å². The third kappa shape index (κ3) is 4.56. The molecule has 0 saturated heterocycles. The summed E-state index contributed by atoms with van der Waals surface area (Å²) in [6.45, 7) is 5.92. The zero-order valence-electron chi connectivity index (χ0n) is 16.2. The second-order valence-corrected chi connectivity index (χ2v) is 7.68. The molecule has 1 N–H and O–H groups in total. The molecule has 0 spiro atoms. The normalized spacial score (nSPS) is 19.5. The van der Waals surface area contributed by atoms with Crippen molar-refractivity contribution in [3.8, 4) is 11.5 Å². The molecule has 0 aliphatic heterocycles. The van der Waals surface area contributed by atoms with Crippen LogP contribution < -0.4 is 14.8 Å². The van der Waals surface area contributed by atoms with Gasteiger partial charge in [-0.25, -0.2) is 0 Å². The van der Waals surface area contributed by atoms with Crippen LogP contribution in [0.3, 0.4) is 0 Å². The Morgan fingerprint density at radius 2 is 1.89 bits per heavy atom. The molecule has 3 unspecified atom stereocenters. The lowest BCUT2D eigenvalue weighted by atomic mass is 10.1. The quantitative estimate of drug-likeness (QED) is 0.717. The van der Waals surface area contributed by atoms with E-state index in [0.29, 0.717) is 11.5 Å². The summed E-state index contributed by atoms with van der Waals surface area (Å²) < 4.78 is 11.2. The van der Waals surface area contributed by atoms with Crippen molar-refractivity contribution >= 4 is 17.5 Å². The van der Waals surface area contributed by atoms with Crippen LogP contribution in [0.15, 0.2) is 42.5 Å². The first kappa shape index (κ1) is 19.6. The number of halogens is 1. The van der Waals surface area contributed by atoms with Crippen molar-refractivity contribution in [2.75, 3.05) is 7.11 Å². The fraction of sp³-hybridized carbons (Fsp3) is 0.409. The average Bonchev–Trinajstić information content (AvgIpc) is 3.42. The Balaban J connectivity index is 1.64. The minimum atomic E-state index is -0.119. The van der Waals surface area contributed by atoms with E-state index in [9.17, 15) is 4.79 Å². The van der Waals surface area contributed by atoms with Gasteiger partial charge in [-0.1, -0.05) is 35.9 Å². The fourth-order valence-corrected chi connectivity index (χ4v) is 3.59. The Morgan fingerprint density at radius 1 is 1.15 bits per heavy atom. The Labute approximate surface area is 165 Å². The molecule has 0 bridgehead atoms. The molecule has 1 aliphatic rings. The van der Waals surface area contributed by atoms with Crippen LogP contribution in [0, 0.1) is 5.92 Å². The van der Waals surface area contributed by atoms with Crippen molar-refractivity contribution in [2.45, 2.75) is 45.3 Å². The summed E-state index contributed by atoms with van der Waals surface area (Å²) in [7, 11) is 1.62. The molecule has 1 amide bonds. The Bertz CT molecular complexity index is 821. The molecule has 0 radical (unpaired) electrons. The Hall–Kier alpha value is -2.20. The van der Waals surface area contributed by atoms with Gasteiger partial charge in [-0.05, 0) is 62.4 Å². The molecule has 1 aliphatic carbocycles. The average molecular weight is 388 g/mol. The maximum absolute atomic E-state index is 12.6. The third-order valence-corrected chi connectivity index (χ3v) is 5.19. The van der Waals surface area contributed by atoms with Crippen LogP contribution in [0.25, 0.3) is 0 Å². The van der Waals surface area contributed by atoms with E-state index in [0.717, 1.165) is 22.6 Å². The third-order valence-electron chi connectivity index (χ3n) is 4.84. The van der Waals surface area contributed by atoms with Gasteiger partial charge in [-0.2, -0.15) is 0 Å². The standard InChI is InChI=1S/C22H26ClNO3/c1-13(2)27-20-10-9-15(11-21(20)26-4)14(3)24-22(25)18-12-17(18)16-7-5-6-8-19(16)23/h5-11,13-14,17-18H,12H2,1-4H3,(H,24,25). The predicted octanol–water partition coefficient (Wildman–Crippen LogP) is 5.12. The van der Waals surface area contributed by atoms with Crippen molar-refractivity contribution in [3.63, 3.8) is 0 Å². The maximum atomic E-state index is 12.6. The summed E-state index contributed by atoms with van der Waals surface area (Å²) in [4.78, 5) is 12.6. The molecule has 1 fully saturated rings. The van der Waals surface area contributed by atoms with Gasteiger partial charge in [0.05, 0.1) is 19.3 Å². The van der Waals surface area contributed by atoms with E-state index in [4.69, 9.17) is 21.1 Å². The summed E-state index contributed by atoms with van der Waals surface area (Å²) in [5, 5.41) is 3.84. The van der Waals surface area contributed by atoms with E-state index in [1.54, 1.807) is 7.11 Å². The molecule has 2 aromatic carbocycles. The number of methoxy groups -OCH3 is 1. The second-order valence-electron chi connectivity index (χ2n) is 7.28. The number of nitrogens with one attached hydrogen (secondary N) is 1. The Kier molecular flexibility index (Phi) is 5.95. The molecule has 0 heterocycles. The minimum Gasteiger partial charge on any atom is -0.493 e. The molecule has 5 heteroatoms. The number of ether oxygens (including phenoxy) is 2. The van der Waals surface area contributed by atoms with E-state index in [1.807, 2.05) is 63.2 Å². The monoisotopic (exact) mass is 387 g/mol. The maximum Gasteiger partial charge on any atom is 0.224 e. The van der Waals surface area contributed by atoms with Crippen LogP contribution in [-0.4, -0.2) is 19.1 Å². The molecule has 144 valence electrons. The number of hydrogen-bond acceptors (Lipinski definition) is 3. The van der Waals surface area contributed by atoms with Gasteiger partial charge in [0.1, 0.15) is 0 Å². The van der Waals surface area contributed by atoms with Crippen LogP contribution in [0.2, 0.25) is 5.02 Å². The van der Waals surface area contributed by atoms with Crippen LogP contribution in [0.4, 0.5) is 0 Å². The zero-order valence-corrected chi connectivity index (χ0v) is 16.9. The van der Waals surface area contributed by atoms with Gasteiger partial charge < -0.3 is 14.8 Å². The molecule has 1 saturated carbocycles. The number of amides is 1. The number of carbonyl (C=O) groups excluding carboxylic acids is 1. The molecule has 2 aromatic rings. The lowest BCUT2D eigenvalue weighted by Crippen LogP contribution is -2.28. The van der Waals surface area contributed by atoms with Crippen LogP contribution >= 0.6 is 11.6 Å². The number of carbonyl (C=O) groups is 1. The van der Waals surface area contributed by atoms with Gasteiger partial charge in [-0.15, -0.1) is 0 Å². The van der Waals surface area contributed by atoms with Crippen LogP contribution in [0.5, 0.6) is 11.5 Å². The second kappa shape index (κ2) is 8.22. The van der Waals surface area contributed by atoms with Gasteiger partial charge in [0.15, 0.2) is 11.5 Å². The number of rotatable bonds is 7. The van der Waals surface area contributed by atoms with Gasteiger partial charge in [-0.3, -0.25) is 4.79 Å². The first-order chi connectivity index (χ1) is 12.9. The summed E-state index contributed by atoms with van der Waals surface area (Å²) in [5.41, 5.74) is 2.04. The van der Waals surface area contributed by atoms with Crippen molar-refractivity contribution in [1.82, 2.24) is 5.32 Å². The van der Waals surface area contributed by atoms with E-state index in [2.05, 4.69) is 5.32 Å². The highest BCUT2D eigenvalue weighted by Crippen LogP contribution is 2.49. The molecule has 0 aromatic heterocycles. The number of hydrogen-bond donors (Lipinski definition) is 1. The summed E-state index contributed by atoms with van der Waals surface area (Å²) in [5.74, 6) is 1.63. The molecular weight excluding hydrogens is 362 g/mol. The summed E-state index contributed by atoms with van der Waals surface area (Å²) in [6, 6.07) is 13.4. The van der Waals surface area contributed by atoms with Crippen molar-refractivity contribution in [1.29, 1.82) is 0 Å². The molecule has 27 heavy (non-hydrogen) atoms. The van der Waals surface area contributed by atoms with Gasteiger partial charge in [0, 0.05) is 10.9 Å². The van der Waals surface area contributed by atoms with E-state index in [-0.39, 0.29) is 29.9 Å². The fourth-order valence-electron chi connectivity index (χ4n) is 3.31. The van der Waals surface area contributed by atoms with Crippen molar-refractivity contribution in [2.24, 2.45) is 5.92 Å². The van der Waals surface area contributed by atoms with Gasteiger partial charge >= 0.3 is 0 Å². The van der Waals surface area contributed by atoms with E-state index in [1.165, 1.54) is 0 Å². The van der Waals surface area contributed by atoms with Crippen molar-refractivity contribution < 1.29 is 14.3 Å². The Morgan fingerprint density at radius 3 is 2.56 bits per heavy atom. The minimum absolute atomic E-state index is 0.0159. The van der Waals surface area contributed by atoms with Gasteiger partial charge in [0.25, 0.3) is 0 Å². The SMILES string of the molecule is COc1cc(C(C)NC(=O)C2CC2c2ccccc2Cl)ccc1OC(C)C. The molecule has 4 nitrogen and oxygen atoms in total. The lowest BCUT2D eigenvalue weighted by molar-refractivity contribution is -0.123. The summed E-state index contributed by atoms with van der Waals surface area (Å²) in [6.07, 6.45) is 0.908. The van der Waals surface area contributed by atoms with Crippen molar-refractivity contribution in [3.05, 3.63) is 58.6 Å².